The van der Waals surface area contributed by atoms with Gasteiger partial charge in [-0.3, -0.25) is 14.5 Å². The van der Waals surface area contributed by atoms with E-state index in [9.17, 15) is 14.4 Å². The van der Waals surface area contributed by atoms with Crippen molar-refractivity contribution < 1.29 is 19.1 Å². The maximum Gasteiger partial charge on any atom is 0.407 e. The molecule has 2 aliphatic heterocycles. The number of hydrogen-bond acceptors (Lipinski definition) is 5. The van der Waals surface area contributed by atoms with Crippen LogP contribution in [0.25, 0.3) is 0 Å². The fourth-order valence-corrected chi connectivity index (χ4v) is 6.14. The number of benzene rings is 3. The zero-order valence-corrected chi connectivity index (χ0v) is 24.8. The summed E-state index contributed by atoms with van der Waals surface area (Å²) >= 11 is 0. The van der Waals surface area contributed by atoms with Crippen molar-refractivity contribution >= 4 is 17.9 Å². The molecule has 3 amide bonds. The van der Waals surface area contributed by atoms with Crippen molar-refractivity contribution in [2.75, 3.05) is 26.2 Å². The molecule has 0 bridgehead atoms. The van der Waals surface area contributed by atoms with Crippen molar-refractivity contribution in [2.24, 2.45) is 0 Å². The maximum absolute atomic E-state index is 13.9. The molecule has 2 heterocycles. The van der Waals surface area contributed by atoms with Crippen molar-refractivity contribution in [3.05, 3.63) is 108 Å². The van der Waals surface area contributed by atoms with Crippen molar-refractivity contribution in [2.45, 2.75) is 63.3 Å². The molecule has 2 N–H and O–H groups in total. The molecular weight excluding hydrogens is 540 g/mol. The van der Waals surface area contributed by atoms with E-state index in [1.165, 1.54) is 5.56 Å². The van der Waals surface area contributed by atoms with Gasteiger partial charge in [-0.25, -0.2) is 4.79 Å². The first-order chi connectivity index (χ1) is 21.0. The molecule has 8 nitrogen and oxygen atoms in total. The normalized spacial score (nSPS) is 18.3. The summed E-state index contributed by atoms with van der Waals surface area (Å²) in [5.41, 5.74) is 2.52. The number of piperazine rings is 1. The zero-order valence-electron chi connectivity index (χ0n) is 24.8. The van der Waals surface area contributed by atoms with Gasteiger partial charge in [0.25, 0.3) is 0 Å². The van der Waals surface area contributed by atoms with Crippen LogP contribution >= 0.6 is 0 Å². The number of hydrogen-bond donors (Lipinski definition) is 2. The van der Waals surface area contributed by atoms with Crippen molar-refractivity contribution in [3.8, 4) is 0 Å². The van der Waals surface area contributed by atoms with Crippen LogP contribution in [0, 0.1) is 0 Å². The first-order valence-electron chi connectivity index (χ1n) is 15.4. The molecule has 0 saturated carbocycles. The van der Waals surface area contributed by atoms with E-state index in [-0.39, 0.29) is 18.4 Å². The molecule has 1 atom stereocenters. The molecule has 226 valence electrons. The molecule has 2 saturated heterocycles. The molecule has 5 rings (SSSR count). The summed E-state index contributed by atoms with van der Waals surface area (Å²) in [5.74, 6) is -0.0330. The number of carbonyl (C=O) groups excluding carboxylic acids is 3. The number of rotatable bonds is 12. The van der Waals surface area contributed by atoms with E-state index in [4.69, 9.17) is 4.74 Å². The lowest BCUT2D eigenvalue weighted by molar-refractivity contribution is -0.161. The third kappa shape index (κ3) is 8.02. The number of likely N-dealkylation sites (tertiary alicyclic amines) is 1. The van der Waals surface area contributed by atoms with E-state index in [1.54, 1.807) is 0 Å². The summed E-state index contributed by atoms with van der Waals surface area (Å²) in [7, 11) is 0. The van der Waals surface area contributed by atoms with E-state index in [0.717, 1.165) is 30.8 Å². The van der Waals surface area contributed by atoms with Gasteiger partial charge in [0, 0.05) is 32.7 Å². The number of nitrogens with zero attached hydrogens (tertiary/aromatic N) is 2. The average molecular weight is 583 g/mol. The minimum absolute atomic E-state index is 0.00210. The lowest BCUT2D eigenvalue weighted by atomic mass is 9.81. The first-order valence-corrected chi connectivity index (χ1v) is 15.4. The molecule has 2 aliphatic rings. The average Bonchev–Trinajstić information content (AvgIpc) is 3.04. The standard InChI is InChI=1S/C35H42N4O4/c40-32-31(18-10-11-22-36-34(42)43-27-30-16-8-3-9-17-30)37-33(41)35(39(32)23-19-28-12-4-1-5-13-28)20-24-38(25-21-35)26-29-14-6-2-7-15-29/h1-9,12-17,31H,10-11,18-27H2,(H,36,42)(H,37,41). The molecule has 43 heavy (non-hydrogen) atoms. The molecule has 2 fully saturated rings. The highest BCUT2D eigenvalue weighted by Crippen LogP contribution is 2.34. The van der Waals surface area contributed by atoms with Crippen LogP contribution in [0.5, 0.6) is 0 Å². The van der Waals surface area contributed by atoms with Gasteiger partial charge < -0.3 is 20.3 Å². The van der Waals surface area contributed by atoms with Crippen LogP contribution in [0.4, 0.5) is 4.79 Å². The largest absolute Gasteiger partial charge is 0.445 e. The van der Waals surface area contributed by atoms with Crippen LogP contribution in [0.3, 0.4) is 0 Å². The summed E-state index contributed by atoms with van der Waals surface area (Å²) in [4.78, 5) is 44.0. The number of piperidine rings is 1. The fourth-order valence-electron chi connectivity index (χ4n) is 6.14. The minimum atomic E-state index is -0.820. The second-order valence-electron chi connectivity index (χ2n) is 11.5. The number of amides is 3. The van der Waals surface area contributed by atoms with Crippen LogP contribution in [0.15, 0.2) is 91.0 Å². The van der Waals surface area contributed by atoms with Crippen molar-refractivity contribution in [1.29, 1.82) is 0 Å². The maximum atomic E-state index is 13.9. The Labute approximate surface area is 254 Å². The van der Waals surface area contributed by atoms with Gasteiger partial charge in [0.15, 0.2) is 0 Å². The monoisotopic (exact) mass is 582 g/mol. The Balaban J connectivity index is 1.15. The number of unbranched alkanes of at least 4 members (excludes halogenated alkanes) is 1. The highest BCUT2D eigenvalue weighted by molar-refractivity contribution is 6.00. The van der Waals surface area contributed by atoms with Crippen LogP contribution in [-0.2, 0) is 33.9 Å². The smallest absolute Gasteiger partial charge is 0.407 e. The second kappa shape index (κ2) is 14.8. The predicted molar refractivity (Wildman–Crippen MR) is 166 cm³/mol. The van der Waals surface area contributed by atoms with Gasteiger partial charge in [-0.2, -0.15) is 0 Å². The van der Waals surface area contributed by atoms with Gasteiger partial charge in [-0.05, 0) is 55.2 Å². The summed E-state index contributed by atoms with van der Waals surface area (Å²) in [6, 6.07) is 29.5. The molecule has 3 aromatic carbocycles. The Morgan fingerprint density at radius 2 is 1.44 bits per heavy atom. The second-order valence-corrected chi connectivity index (χ2v) is 11.5. The van der Waals surface area contributed by atoms with E-state index < -0.39 is 17.7 Å². The van der Waals surface area contributed by atoms with E-state index in [0.29, 0.717) is 51.6 Å². The lowest BCUT2D eigenvalue weighted by Gasteiger charge is -2.51. The van der Waals surface area contributed by atoms with Gasteiger partial charge >= 0.3 is 6.09 Å². The Bertz CT molecular complexity index is 1330. The summed E-state index contributed by atoms with van der Waals surface area (Å²) < 4.78 is 5.27. The molecule has 1 unspecified atom stereocenters. The van der Waals surface area contributed by atoms with Gasteiger partial charge in [-0.1, -0.05) is 91.0 Å². The summed E-state index contributed by atoms with van der Waals surface area (Å²) in [6.45, 7) is 3.54. The van der Waals surface area contributed by atoms with Crippen molar-refractivity contribution in [3.63, 3.8) is 0 Å². The fraction of sp³-hybridized carbons (Fsp3) is 0.400. The highest BCUT2D eigenvalue weighted by Gasteiger charge is 2.53. The third-order valence-electron chi connectivity index (χ3n) is 8.61. The van der Waals surface area contributed by atoms with Gasteiger partial charge in [0.05, 0.1) is 0 Å². The molecule has 3 aromatic rings. The van der Waals surface area contributed by atoms with Gasteiger partial charge in [0.1, 0.15) is 18.2 Å². The molecule has 8 heteroatoms. The number of ether oxygens (including phenoxy) is 1. The minimum Gasteiger partial charge on any atom is -0.445 e. The summed E-state index contributed by atoms with van der Waals surface area (Å²) in [6.07, 6.45) is 3.39. The first kappa shape index (κ1) is 30.3. The Morgan fingerprint density at radius 1 is 0.837 bits per heavy atom. The molecule has 0 aromatic heterocycles. The van der Waals surface area contributed by atoms with Gasteiger partial charge in [0.2, 0.25) is 11.8 Å². The Kier molecular flexibility index (Phi) is 10.4. The van der Waals surface area contributed by atoms with E-state index in [2.05, 4.69) is 39.8 Å². The molecule has 1 spiro atoms. The topological polar surface area (TPSA) is 91.0 Å². The number of carbonyl (C=O) groups is 3. The predicted octanol–water partition coefficient (Wildman–Crippen LogP) is 4.69. The van der Waals surface area contributed by atoms with Crippen LogP contribution in [-0.4, -0.2) is 65.5 Å². The van der Waals surface area contributed by atoms with E-state index >= 15 is 0 Å². The Morgan fingerprint density at radius 3 is 2.09 bits per heavy atom. The Hall–Kier alpha value is -4.17. The number of alkyl carbamates (subject to hydrolysis) is 1. The van der Waals surface area contributed by atoms with Crippen LogP contribution in [0.1, 0.15) is 48.8 Å². The molecular formula is C35H42N4O4. The SMILES string of the molecule is O=C(NCCCCC1NC(=O)C2(CCN(Cc3ccccc3)CC2)N(CCc2ccccc2)C1=O)OCc1ccccc1. The number of nitrogens with one attached hydrogen (secondary N) is 2. The van der Waals surface area contributed by atoms with Crippen LogP contribution < -0.4 is 10.6 Å². The molecule has 0 radical (unpaired) electrons. The zero-order chi connectivity index (χ0) is 29.9. The lowest BCUT2D eigenvalue weighted by Crippen LogP contribution is -2.73. The third-order valence-corrected chi connectivity index (χ3v) is 8.61. The summed E-state index contributed by atoms with van der Waals surface area (Å²) in [5, 5.41) is 5.87. The van der Waals surface area contributed by atoms with Crippen molar-refractivity contribution in [1.82, 2.24) is 20.4 Å². The quantitative estimate of drug-likeness (QED) is 0.303. The molecule has 0 aliphatic carbocycles. The van der Waals surface area contributed by atoms with Gasteiger partial charge in [-0.15, -0.1) is 0 Å². The van der Waals surface area contributed by atoms with E-state index in [1.807, 2.05) is 71.6 Å². The highest BCUT2D eigenvalue weighted by atomic mass is 16.5. The van der Waals surface area contributed by atoms with Crippen LogP contribution in [0.2, 0.25) is 0 Å².